The summed E-state index contributed by atoms with van der Waals surface area (Å²) in [5.74, 6) is 0.0399. The molecule has 2 aromatic carbocycles. The van der Waals surface area contributed by atoms with Crippen molar-refractivity contribution in [1.82, 2.24) is 10.2 Å². The zero-order chi connectivity index (χ0) is 19.8. The van der Waals surface area contributed by atoms with E-state index in [4.69, 9.17) is 14.5 Å². The van der Waals surface area contributed by atoms with E-state index in [2.05, 4.69) is 0 Å². The molecular formula is C20H25N2O5P. The fourth-order valence-electron chi connectivity index (χ4n) is 3.06. The molecule has 28 heavy (non-hydrogen) atoms. The van der Waals surface area contributed by atoms with Gasteiger partial charge in [0.1, 0.15) is 12.4 Å². The minimum Gasteiger partial charge on any atom is -0.489 e. The first-order chi connectivity index (χ1) is 13.6. The first kappa shape index (κ1) is 20.6. The monoisotopic (exact) mass is 404 g/mol. The topological polar surface area (TPSA) is 88.1 Å². The van der Waals surface area contributed by atoms with E-state index < -0.39 is 13.4 Å². The smallest absolute Gasteiger partial charge is 0.302 e. The van der Waals surface area contributed by atoms with Crippen LogP contribution in [0.15, 0.2) is 54.6 Å². The minimum atomic E-state index is -3.41. The number of hydroxylamine groups is 1. The number of nitrogens with zero attached hydrogens (tertiary/aromatic N) is 1. The van der Waals surface area contributed by atoms with Gasteiger partial charge in [0.05, 0.1) is 18.5 Å². The van der Waals surface area contributed by atoms with E-state index in [1.165, 1.54) is 4.67 Å². The van der Waals surface area contributed by atoms with Crippen molar-refractivity contribution in [3.8, 4) is 5.75 Å². The van der Waals surface area contributed by atoms with Gasteiger partial charge in [-0.25, -0.2) is 10.2 Å². The average Bonchev–Trinajstić information content (AvgIpc) is 2.73. The van der Waals surface area contributed by atoms with Crippen molar-refractivity contribution < 1.29 is 23.8 Å². The summed E-state index contributed by atoms with van der Waals surface area (Å²) in [7, 11) is -3.41. The van der Waals surface area contributed by atoms with Gasteiger partial charge in [-0.15, -0.1) is 0 Å². The Kier molecular flexibility index (Phi) is 7.23. The molecule has 0 aromatic heterocycles. The maximum Gasteiger partial charge on any atom is 0.302 e. The summed E-state index contributed by atoms with van der Waals surface area (Å²) in [6, 6.07) is 16.8. The molecule has 0 bridgehead atoms. The van der Waals surface area contributed by atoms with Gasteiger partial charge in [-0.1, -0.05) is 30.3 Å². The van der Waals surface area contributed by atoms with Crippen LogP contribution in [0.25, 0.3) is 0 Å². The molecule has 2 aromatic rings. The van der Waals surface area contributed by atoms with E-state index in [-0.39, 0.29) is 6.54 Å². The fourth-order valence-corrected chi connectivity index (χ4v) is 5.32. The highest BCUT2D eigenvalue weighted by Crippen LogP contribution is 2.50. The highest BCUT2D eigenvalue weighted by atomic mass is 31.2. The molecule has 1 amide bonds. The maximum atomic E-state index is 13.7. The molecule has 7 nitrogen and oxygen atoms in total. The number of nitrogens with one attached hydrogen (secondary N) is 1. The van der Waals surface area contributed by atoms with E-state index in [1.807, 2.05) is 30.3 Å². The van der Waals surface area contributed by atoms with Crippen molar-refractivity contribution in [3.05, 3.63) is 60.2 Å². The maximum absolute atomic E-state index is 13.7. The number of benzene rings is 2. The third-order valence-electron chi connectivity index (χ3n) is 4.56. The van der Waals surface area contributed by atoms with Gasteiger partial charge >= 0.3 is 7.52 Å². The summed E-state index contributed by atoms with van der Waals surface area (Å²) in [5, 5.41) is 9.35. The molecule has 1 saturated heterocycles. The number of carbonyl (C=O) groups is 1. The van der Waals surface area contributed by atoms with E-state index >= 15 is 0 Å². The number of amides is 1. The third kappa shape index (κ3) is 5.20. The van der Waals surface area contributed by atoms with Crippen molar-refractivity contribution in [1.29, 1.82) is 0 Å². The second-order valence-corrected chi connectivity index (χ2v) is 8.99. The lowest BCUT2D eigenvalue weighted by Gasteiger charge is -2.32. The second-order valence-electron chi connectivity index (χ2n) is 6.61. The van der Waals surface area contributed by atoms with Crippen LogP contribution in [-0.2, 0) is 20.5 Å². The van der Waals surface area contributed by atoms with Gasteiger partial charge in [-0.05, 0) is 49.1 Å². The zero-order valence-electron chi connectivity index (χ0n) is 15.6. The van der Waals surface area contributed by atoms with Gasteiger partial charge in [0.2, 0.25) is 0 Å². The third-order valence-corrected chi connectivity index (χ3v) is 7.13. The van der Waals surface area contributed by atoms with Crippen LogP contribution in [0.3, 0.4) is 0 Å². The molecule has 1 fully saturated rings. The van der Waals surface area contributed by atoms with Crippen LogP contribution >= 0.6 is 7.52 Å². The molecule has 1 heterocycles. The van der Waals surface area contributed by atoms with Crippen LogP contribution in [0.4, 0.5) is 0 Å². The Balaban J connectivity index is 1.75. The molecule has 1 unspecified atom stereocenters. The summed E-state index contributed by atoms with van der Waals surface area (Å²) >= 11 is 0. The first-order valence-corrected chi connectivity index (χ1v) is 10.9. The van der Waals surface area contributed by atoms with Crippen LogP contribution < -0.4 is 15.5 Å². The molecule has 0 saturated carbocycles. The van der Waals surface area contributed by atoms with Gasteiger partial charge in [0.25, 0.3) is 5.91 Å². The molecule has 0 radical (unpaired) electrons. The summed E-state index contributed by atoms with van der Waals surface area (Å²) in [4.78, 5) is 11.7. The van der Waals surface area contributed by atoms with Crippen molar-refractivity contribution in [3.63, 3.8) is 0 Å². The van der Waals surface area contributed by atoms with Gasteiger partial charge < -0.3 is 9.26 Å². The molecule has 2 N–H and O–H groups in total. The van der Waals surface area contributed by atoms with Gasteiger partial charge in [-0.2, -0.15) is 0 Å². The Hall–Kier alpha value is -2.18. The van der Waals surface area contributed by atoms with Crippen LogP contribution in [-0.4, -0.2) is 35.5 Å². The van der Waals surface area contributed by atoms with E-state index in [1.54, 1.807) is 29.7 Å². The molecule has 0 aliphatic carbocycles. The Morgan fingerprint density at radius 3 is 2.57 bits per heavy atom. The lowest BCUT2D eigenvalue weighted by Crippen LogP contribution is -2.38. The molecule has 0 spiro atoms. The van der Waals surface area contributed by atoms with Crippen LogP contribution in [0, 0.1) is 0 Å². The Morgan fingerprint density at radius 2 is 1.86 bits per heavy atom. The zero-order valence-corrected chi connectivity index (χ0v) is 16.5. The SMILES string of the molecule is O=C(CN1CCCCCOP1(=O)c1ccc(OCc2ccccc2)cc1)NO. The summed E-state index contributed by atoms with van der Waals surface area (Å²) in [6.45, 7) is 1.06. The molecule has 8 heteroatoms. The summed E-state index contributed by atoms with van der Waals surface area (Å²) < 4.78 is 26.7. The van der Waals surface area contributed by atoms with E-state index in [0.29, 0.717) is 30.8 Å². The predicted octanol–water partition coefficient (Wildman–Crippen LogP) is 3.09. The standard InChI is InChI=1S/C20H25N2O5P/c23-20(21-24)15-22-13-5-2-6-14-27-28(22,25)19-11-9-18(10-12-19)26-16-17-7-3-1-4-8-17/h1,3-4,7-12,24H,2,5-6,13-16H2,(H,21,23). The van der Waals surface area contributed by atoms with Crippen molar-refractivity contribution in [2.24, 2.45) is 0 Å². The Labute approximate surface area is 164 Å². The normalized spacial score (nSPS) is 20.8. The van der Waals surface area contributed by atoms with Gasteiger partial charge in [0.15, 0.2) is 0 Å². The first-order valence-electron chi connectivity index (χ1n) is 9.32. The van der Waals surface area contributed by atoms with Gasteiger partial charge in [-0.3, -0.25) is 14.6 Å². The van der Waals surface area contributed by atoms with Crippen molar-refractivity contribution in [2.45, 2.75) is 25.9 Å². The Morgan fingerprint density at radius 1 is 1.11 bits per heavy atom. The Bertz CT molecular complexity index is 813. The van der Waals surface area contributed by atoms with Crippen LogP contribution in [0.2, 0.25) is 0 Å². The summed E-state index contributed by atoms with van der Waals surface area (Å²) in [6.07, 6.45) is 2.57. The van der Waals surface area contributed by atoms with Crippen LogP contribution in [0.5, 0.6) is 5.75 Å². The lowest BCUT2D eigenvalue weighted by atomic mass is 10.2. The average molecular weight is 404 g/mol. The number of hydrogen-bond donors (Lipinski definition) is 2. The molecule has 1 aliphatic rings. The number of carbonyl (C=O) groups excluding carboxylic acids is 1. The predicted molar refractivity (Wildman–Crippen MR) is 106 cm³/mol. The molecule has 150 valence electrons. The largest absolute Gasteiger partial charge is 0.489 e. The molecule has 1 aliphatic heterocycles. The highest BCUT2D eigenvalue weighted by molar-refractivity contribution is 7.64. The molecule has 3 rings (SSSR count). The number of rotatable bonds is 6. The molecule has 1 atom stereocenters. The van der Waals surface area contributed by atoms with Crippen molar-refractivity contribution >= 4 is 18.7 Å². The van der Waals surface area contributed by atoms with E-state index in [0.717, 1.165) is 24.8 Å². The summed E-state index contributed by atoms with van der Waals surface area (Å²) in [5.41, 5.74) is 2.66. The lowest BCUT2D eigenvalue weighted by molar-refractivity contribution is -0.129. The fraction of sp³-hybridized carbons (Fsp3) is 0.350. The minimum absolute atomic E-state index is 0.194. The van der Waals surface area contributed by atoms with Crippen molar-refractivity contribution in [2.75, 3.05) is 19.7 Å². The van der Waals surface area contributed by atoms with Gasteiger partial charge in [0, 0.05) is 6.54 Å². The number of ether oxygens (including phenoxy) is 1. The number of hydrogen-bond acceptors (Lipinski definition) is 5. The highest BCUT2D eigenvalue weighted by Gasteiger charge is 2.36. The van der Waals surface area contributed by atoms with Crippen LogP contribution in [0.1, 0.15) is 24.8 Å². The second kappa shape index (κ2) is 9.85. The quantitative estimate of drug-likeness (QED) is 0.437. The van der Waals surface area contributed by atoms with E-state index in [9.17, 15) is 9.36 Å². The molecular weight excluding hydrogens is 379 g/mol.